The number of nitrogens with one attached hydrogen (secondary N) is 2. The van der Waals surface area contributed by atoms with Crippen LogP contribution in [-0.4, -0.2) is 16.0 Å². The van der Waals surface area contributed by atoms with Crippen LogP contribution >= 0.6 is 11.3 Å². The molecule has 0 fully saturated rings. The molecule has 0 atom stereocenters. The molecule has 25 heavy (non-hydrogen) atoms. The van der Waals surface area contributed by atoms with Crippen LogP contribution in [0.1, 0.15) is 23.1 Å². The largest absolute Gasteiger partial charge is 0.333 e. The molecule has 2 aromatic heterocycles. The van der Waals surface area contributed by atoms with Crippen LogP contribution in [0.4, 0.5) is 10.5 Å². The highest BCUT2D eigenvalue weighted by atomic mass is 32.1. The van der Waals surface area contributed by atoms with Crippen LogP contribution in [0.2, 0.25) is 0 Å². The lowest BCUT2D eigenvalue weighted by atomic mass is 10.1. The van der Waals surface area contributed by atoms with Gasteiger partial charge in [0.25, 0.3) is 0 Å². The highest BCUT2D eigenvalue weighted by molar-refractivity contribution is 7.15. The quantitative estimate of drug-likeness (QED) is 0.715. The minimum absolute atomic E-state index is 0.211. The van der Waals surface area contributed by atoms with Crippen LogP contribution in [0.25, 0.3) is 10.6 Å². The summed E-state index contributed by atoms with van der Waals surface area (Å²) in [6.45, 7) is 4.47. The first-order valence-electron chi connectivity index (χ1n) is 8.17. The molecule has 0 saturated carbocycles. The maximum atomic E-state index is 12.2. The zero-order valence-electron chi connectivity index (χ0n) is 14.2. The van der Waals surface area contributed by atoms with Crippen LogP contribution in [0.15, 0.2) is 48.8 Å². The number of anilines is 1. The Morgan fingerprint density at radius 1 is 1.20 bits per heavy atom. The Labute approximate surface area is 151 Å². The highest BCUT2D eigenvalue weighted by Crippen LogP contribution is 2.27. The van der Waals surface area contributed by atoms with Crippen molar-refractivity contribution in [3.8, 4) is 10.6 Å². The van der Waals surface area contributed by atoms with E-state index in [-0.39, 0.29) is 6.03 Å². The summed E-state index contributed by atoms with van der Waals surface area (Å²) in [6, 6.07) is 11.5. The molecule has 0 saturated heterocycles. The van der Waals surface area contributed by atoms with Gasteiger partial charge in [-0.05, 0) is 37.1 Å². The number of carbonyl (C=O) groups excluding carboxylic acids is 1. The third-order valence-electron chi connectivity index (χ3n) is 3.86. The molecule has 0 bridgehead atoms. The van der Waals surface area contributed by atoms with E-state index < -0.39 is 0 Å². The van der Waals surface area contributed by atoms with E-state index in [0.717, 1.165) is 38.8 Å². The number of rotatable bonds is 5. The Morgan fingerprint density at radius 2 is 2.04 bits per heavy atom. The van der Waals surface area contributed by atoms with Crippen LogP contribution in [-0.2, 0) is 13.0 Å². The smallest absolute Gasteiger partial charge is 0.319 e. The van der Waals surface area contributed by atoms with E-state index in [2.05, 4.69) is 27.5 Å². The van der Waals surface area contributed by atoms with Crippen molar-refractivity contribution in [1.29, 1.82) is 0 Å². The molecule has 1 aromatic carbocycles. The number of benzene rings is 1. The number of thiazole rings is 1. The van der Waals surface area contributed by atoms with Gasteiger partial charge in [-0.2, -0.15) is 0 Å². The summed E-state index contributed by atoms with van der Waals surface area (Å²) in [5.41, 5.74) is 3.88. The van der Waals surface area contributed by atoms with Crippen LogP contribution < -0.4 is 10.6 Å². The number of amides is 2. The van der Waals surface area contributed by atoms with Gasteiger partial charge >= 0.3 is 6.03 Å². The second-order valence-corrected chi connectivity index (χ2v) is 6.67. The zero-order valence-corrected chi connectivity index (χ0v) is 15.1. The standard InChI is InChI=1S/C19H20N4OS/c1-3-14-7-4-5-9-16(14)23-19(24)21-12-17-13(2)22-18(25-17)15-8-6-10-20-11-15/h4-11H,3,12H2,1-2H3,(H2,21,23,24). The van der Waals surface area contributed by atoms with Gasteiger partial charge in [-0.3, -0.25) is 4.98 Å². The minimum atomic E-state index is -0.211. The second kappa shape index (κ2) is 7.90. The first kappa shape index (κ1) is 17.1. The molecule has 0 aliphatic carbocycles. The Hall–Kier alpha value is -2.73. The van der Waals surface area contributed by atoms with Crippen LogP contribution in [0.5, 0.6) is 0 Å². The van der Waals surface area contributed by atoms with E-state index in [9.17, 15) is 4.79 Å². The number of urea groups is 1. The Kier molecular flexibility index (Phi) is 5.40. The van der Waals surface area contributed by atoms with E-state index in [1.54, 1.807) is 23.7 Å². The Bertz CT molecular complexity index is 861. The highest BCUT2D eigenvalue weighted by Gasteiger charge is 2.11. The van der Waals surface area contributed by atoms with Crippen molar-refractivity contribution in [3.63, 3.8) is 0 Å². The number of hydrogen-bond acceptors (Lipinski definition) is 4. The first-order chi connectivity index (χ1) is 12.2. The van der Waals surface area contributed by atoms with Gasteiger partial charge in [0.2, 0.25) is 0 Å². The summed E-state index contributed by atoms with van der Waals surface area (Å²) < 4.78 is 0. The molecular weight excluding hydrogens is 332 g/mol. The predicted octanol–water partition coefficient (Wildman–Crippen LogP) is 4.40. The summed E-state index contributed by atoms with van der Waals surface area (Å²) in [4.78, 5) is 21.9. The average Bonchev–Trinajstić information content (AvgIpc) is 3.02. The molecule has 2 heterocycles. The fourth-order valence-electron chi connectivity index (χ4n) is 2.48. The van der Waals surface area contributed by atoms with Gasteiger partial charge in [-0.1, -0.05) is 25.1 Å². The molecule has 2 amide bonds. The fourth-order valence-corrected chi connectivity index (χ4v) is 3.47. The molecule has 3 aromatic rings. The summed E-state index contributed by atoms with van der Waals surface area (Å²) in [6.07, 6.45) is 4.41. The fraction of sp³-hybridized carbons (Fsp3) is 0.211. The van der Waals surface area contributed by atoms with E-state index in [1.165, 1.54) is 0 Å². The Morgan fingerprint density at radius 3 is 2.80 bits per heavy atom. The molecule has 6 heteroatoms. The third kappa shape index (κ3) is 4.22. The van der Waals surface area contributed by atoms with Crippen molar-refractivity contribution in [2.75, 3.05) is 5.32 Å². The molecule has 2 N–H and O–H groups in total. The summed E-state index contributed by atoms with van der Waals surface area (Å²) in [7, 11) is 0. The van der Waals surface area contributed by atoms with E-state index >= 15 is 0 Å². The minimum Gasteiger partial charge on any atom is -0.333 e. The van der Waals surface area contributed by atoms with Crippen LogP contribution in [0.3, 0.4) is 0 Å². The molecule has 0 spiro atoms. The van der Waals surface area contributed by atoms with Crippen molar-refractivity contribution in [2.24, 2.45) is 0 Å². The number of carbonyl (C=O) groups is 1. The molecular formula is C19H20N4OS. The van der Waals surface area contributed by atoms with Gasteiger partial charge < -0.3 is 10.6 Å². The lowest BCUT2D eigenvalue weighted by molar-refractivity contribution is 0.252. The number of aryl methyl sites for hydroxylation is 2. The molecule has 3 rings (SSSR count). The van der Waals surface area contributed by atoms with Crippen molar-refractivity contribution >= 4 is 23.1 Å². The topological polar surface area (TPSA) is 66.9 Å². The summed E-state index contributed by atoms with van der Waals surface area (Å²) in [5, 5.41) is 6.74. The second-order valence-electron chi connectivity index (χ2n) is 5.59. The first-order valence-corrected chi connectivity index (χ1v) is 8.98. The lowest BCUT2D eigenvalue weighted by Crippen LogP contribution is -2.28. The van der Waals surface area contributed by atoms with Crippen molar-refractivity contribution < 1.29 is 4.79 Å². The normalized spacial score (nSPS) is 10.5. The summed E-state index contributed by atoms with van der Waals surface area (Å²) in [5.74, 6) is 0. The molecule has 5 nitrogen and oxygen atoms in total. The molecule has 128 valence electrons. The number of para-hydroxylation sites is 1. The van der Waals surface area contributed by atoms with Crippen LogP contribution in [0, 0.1) is 6.92 Å². The van der Waals surface area contributed by atoms with Gasteiger partial charge in [0.1, 0.15) is 5.01 Å². The van der Waals surface area contributed by atoms with Gasteiger partial charge in [-0.15, -0.1) is 11.3 Å². The molecule has 0 radical (unpaired) electrons. The van der Waals surface area contributed by atoms with E-state index in [4.69, 9.17) is 0 Å². The zero-order chi connectivity index (χ0) is 17.6. The maximum Gasteiger partial charge on any atom is 0.319 e. The molecule has 0 aliphatic heterocycles. The third-order valence-corrected chi connectivity index (χ3v) is 5.06. The summed E-state index contributed by atoms with van der Waals surface area (Å²) >= 11 is 1.57. The van der Waals surface area contributed by atoms with E-state index in [1.807, 2.05) is 43.3 Å². The monoisotopic (exact) mass is 352 g/mol. The maximum absolute atomic E-state index is 12.2. The molecule has 0 unspecified atom stereocenters. The predicted molar refractivity (Wildman–Crippen MR) is 102 cm³/mol. The number of hydrogen-bond donors (Lipinski definition) is 2. The number of nitrogens with zero attached hydrogens (tertiary/aromatic N) is 2. The van der Waals surface area contributed by atoms with Crippen molar-refractivity contribution in [2.45, 2.75) is 26.8 Å². The number of pyridine rings is 1. The van der Waals surface area contributed by atoms with Gasteiger partial charge in [0, 0.05) is 28.5 Å². The van der Waals surface area contributed by atoms with Crippen molar-refractivity contribution in [3.05, 3.63) is 64.9 Å². The SMILES string of the molecule is CCc1ccccc1NC(=O)NCc1sc(-c2cccnc2)nc1C. The van der Waals surface area contributed by atoms with Gasteiger partial charge in [0.15, 0.2) is 0 Å². The number of aromatic nitrogens is 2. The lowest BCUT2D eigenvalue weighted by Gasteiger charge is -2.10. The van der Waals surface area contributed by atoms with E-state index in [0.29, 0.717) is 6.54 Å². The average molecular weight is 352 g/mol. The van der Waals surface area contributed by atoms with Gasteiger partial charge in [0.05, 0.1) is 12.2 Å². The van der Waals surface area contributed by atoms with Gasteiger partial charge in [-0.25, -0.2) is 9.78 Å². The Balaban J connectivity index is 1.64. The van der Waals surface area contributed by atoms with Crippen molar-refractivity contribution in [1.82, 2.24) is 15.3 Å². The molecule has 0 aliphatic rings.